The molecule has 0 radical (unpaired) electrons. The second-order valence-corrected chi connectivity index (χ2v) is 7.01. The van der Waals surface area contributed by atoms with Gasteiger partial charge in [-0.2, -0.15) is 0 Å². The number of hydrogen-bond acceptors (Lipinski definition) is 2. The fraction of sp³-hybridized carbons (Fsp3) is 0.211. The maximum absolute atomic E-state index is 6.32. The molecule has 1 heterocycles. The molecule has 0 aliphatic rings. The summed E-state index contributed by atoms with van der Waals surface area (Å²) in [6.45, 7) is 6.00. The van der Waals surface area contributed by atoms with E-state index in [1.165, 1.54) is 0 Å². The topological polar surface area (TPSA) is 37.9 Å². The van der Waals surface area contributed by atoms with Gasteiger partial charge in [-0.1, -0.05) is 47.5 Å². The highest BCUT2D eigenvalue weighted by molar-refractivity contribution is 6.80. The van der Waals surface area contributed by atoms with Gasteiger partial charge >= 0.3 is 6.92 Å². The zero-order chi connectivity index (χ0) is 18.0. The molecule has 0 aliphatic heterocycles. The van der Waals surface area contributed by atoms with Gasteiger partial charge < -0.3 is 9.64 Å². The van der Waals surface area contributed by atoms with Crippen molar-refractivity contribution < 1.29 is 4.65 Å². The number of nitrogens with zero attached hydrogens (tertiary/aromatic N) is 1. The van der Waals surface area contributed by atoms with Crippen LogP contribution in [0.5, 0.6) is 0 Å². The van der Waals surface area contributed by atoms with E-state index in [0.29, 0.717) is 6.61 Å². The van der Waals surface area contributed by atoms with Crippen molar-refractivity contribution in [2.45, 2.75) is 27.4 Å². The Balaban J connectivity index is 1.94. The maximum Gasteiger partial charge on any atom is 0.362 e. The molecule has 0 fully saturated rings. The molecule has 3 nitrogen and oxygen atoms in total. The van der Waals surface area contributed by atoms with Crippen molar-refractivity contribution in [2.75, 3.05) is 0 Å². The van der Waals surface area contributed by atoms with E-state index in [9.17, 15) is 0 Å². The van der Waals surface area contributed by atoms with Crippen LogP contribution in [0.15, 0.2) is 42.6 Å². The van der Waals surface area contributed by atoms with Crippen LogP contribution in [0, 0.1) is 20.8 Å². The average molecular weight is 373 g/mol. The summed E-state index contributed by atoms with van der Waals surface area (Å²) in [5, 5.41) is 1.44. The van der Waals surface area contributed by atoms with E-state index in [1.54, 1.807) is 0 Å². The minimum atomic E-state index is -0.276. The van der Waals surface area contributed by atoms with Gasteiger partial charge in [-0.05, 0) is 55.0 Å². The van der Waals surface area contributed by atoms with E-state index in [4.69, 9.17) is 27.9 Å². The fourth-order valence-electron chi connectivity index (χ4n) is 2.63. The first-order valence-corrected chi connectivity index (χ1v) is 8.84. The highest BCUT2D eigenvalue weighted by atomic mass is 35.5. The second-order valence-electron chi connectivity index (χ2n) is 6.20. The molecule has 0 spiro atoms. The summed E-state index contributed by atoms with van der Waals surface area (Å²) in [5.41, 5.74) is 4.98. The lowest BCUT2D eigenvalue weighted by Gasteiger charge is -2.16. The van der Waals surface area contributed by atoms with Gasteiger partial charge in [0.25, 0.3) is 0 Å². The Hall–Kier alpha value is -1.75. The smallest absolute Gasteiger partial charge is 0.362 e. The van der Waals surface area contributed by atoms with Crippen molar-refractivity contribution >= 4 is 41.0 Å². The summed E-state index contributed by atoms with van der Waals surface area (Å²) in [5.74, 6) is 0.791. The predicted octanol–water partition coefficient (Wildman–Crippen LogP) is 3.96. The summed E-state index contributed by atoms with van der Waals surface area (Å²) < 4.78 is 6.19. The molecule has 1 aromatic heterocycles. The third-order valence-corrected chi connectivity index (χ3v) is 4.96. The number of benzene rings is 2. The Kier molecular flexibility index (Phi) is 5.53. The molecule has 0 bridgehead atoms. The lowest BCUT2D eigenvalue weighted by Crippen LogP contribution is -2.45. The molecule has 0 amide bonds. The van der Waals surface area contributed by atoms with Gasteiger partial charge in [0.15, 0.2) is 0 Å². The Morgan fingerprint density at radius 1 is 0.960 bits per heavy atom. The predicted molar refractivity (Wildman–Crippen MR) is 106 cm³/mol. The number of aromatic amines is 1. The highest BCUT2D eigenvalue weighted by Crippen LogP contribution is 2.15. The molecule has 0 saturated carbocycles. The zero-order valence-electron chi connectivity index (χ0n) is 14.4. The molecule has 3 rings (SSSR count). The SMILES string of the molecule is Cc1c[nH]c(COB(c2ccc(C)c(Cl)c2)c2ccc(C)c(Cl)c2)n1. The number of nitrogens with one attached hydrogen (secondary N) is 1. The van der Waals surface area contributed by atoms with Gasteiger partial charge in [0.2, 0.25) is 0 Å². The third kappa shape index (κ3) is 4.27. The normalized spacial score (nSPS) is 10.9. The minimum Gasteiger partial charge on any atom is -0.419 e. The quantitative estimate of drug-likeness (QED) is 0.688. The van der Waals surface area contributed by atoms with E-state index < -0.39 is 0 Å². The number of rotatable bonds is 5. The summed E-state index contributed by atoms with van der Waals surface area (Å²) in [4.78, 5) is 7.52. The van der Waals surface area contributed by atoms with Gasteiger partial charge in [0.1, 0.15) is 5.82 Å². The van der Waals surface area contributed by atoms with Crippen LogP contribution in [0.1, 0.15) is 22.6 Å². The summed E-state index contributed by atoms with van der Waals surface area (Å²) in [6.07, 6.45) is 1.86. The molecule has 25 heavy (non-hydrogen) atoms. The second kappa shape index (κ2) is 7.65. The molecule has 0 aliphatic carbocycles. The van der Waals surface area contributed by atoms with Crippen LogP contribution in [-0.4, -0.2) is 16.9 Å². The zero-order valence-corrected chi connectivity index (χ0v) is 15.9. The number of aryl methyl sites for hydroxylation is 3. The number of hydrogen-bond donors (Lipinski definition) is 1. The van der Waals surface area contributed by atoms with Crippen molar-refractivity contribution in [1.29, 1.82) is 0 Å². The molecule has 128 valence electrons. The molecule has 1 N–H and O–H groups in total. The third-order valence-electron chi connectivity index (χ3n) is 4.14. The molecule has 0 atom stereocenters. The van der Waals surface area contributed by atoms with Crippen LogP contribution in [-0.2, 0) is 11.3 Å². The van der Waals surface area contributed by atoms with Gasteiger partial charge in [-0.15, -0.1) is 0 Å². The van der Waals surface area contributed by atoms with Crippen molar-refractivity contribution in [3.8, 4) is 0 Å². The van der Waals surface area contributed by atoms with Crippen LogP contribution in [0.25, 0.3) is 0 Å². The lowest BCUT2D eigenvalue weighted by atomic mass is 9.55. The average Bonchev–Trinajstić information content (AvgIpc) is 2.99. The highest BCUT2D eigenvalue weighted by Gasteiger charge is 2.23. The Morgan fingerprint density at radius 2 is 1.52 bits per heavy atom. The molecular formula is C19H19BCl2N2O. The lowest BCUT2D eigenvalue weighted by molar-refractivity contribution is 0.311. The van der Waals surface area contributed by atoms with Crippen LogP contribution in [0.3, 0.4) is 0 Å². The van der Waals surface area contributed by atoms with Crippen LogP contribution in [0.4, 0.5) is 0 Å². The molecule has 6 heteroatoms. The minimum absolute atomic E-state index is 0.276. The standard InChI is InChI=1S/C19H19BCl2N2O/c1-12-4-6-15(8-17(12)21)20(16-7-5-13(2)18(22)9-16)25-11-19-23-10-14(3)24-19/h4-10H,11H2,1-3H3,(H,23,24). The summed E-state index contributed by atoms with van der Waals surface area (Å²) in [6, 6.07) is 12.0. The summed E-state index contributed by atoms with van der Waals surface area (Å²) in [7, 11) is 0. The molecule has 0 unspecified atom stereocenters. The first kappa shape index (κ1) is 18.1. The van der Waals surface area contributed by atoms with Crippen LogP contribution >= 0.6 is 23.2 Å². The van der Waals surface area contributed by atoms with Crippen LogP contribution < -0.4 is 10.9 Å². The van der Waals surface area contributed by atoms with Gasteiger partial charge in [-0.3, -0.25) is 0 Å². The van der Waals surface area contributed by atoms with Gasteiger partial charge in [0.05, 0.1) is 12.3 Å². The fourth-order valence-corrected chi connectivity index (χ4v) is 3.01. The van der Waals surface area contributed by atoms with Crippen LogP contribution in [0.2, 0.25) is 10.0 Å². The van der Waals surface area contributed by atoms with E-state index in [0.717, 1.165) is 43.6 Å². The maximum atomic E-state index is 6.32. The molecule has 2 aromatic carbocycles. The first-order chi connectivity index (χ1) is 11.9. The molecule has 0 saturated heterocycles. The number of H-pyrrole nitrogens is 1. The first-order valence-electron chi connectivity index (χ1n) is 8.08. The van der Waals surface area contributed by atoms with E-state index >= 15 is 0 Å². The molecular weight excluding hydrogens is 354 g/mol. The van der Waals surface area contributed by atoms with Gasteiger partial charge in [-0.25, -0.2) is 4.98 Å². The van der Waals surface area contributed by atoms with Gasteiger partial charge in [0, 0.05) is 16.2 Å². The number of halogens is 2. The van der Waals surface area contributed by atoms with E-state index in [1.807, 2.05) is 63.4 Å². The van der Waals surface area contributed by atoms with Crippen molar-refractivity contribution in [3.63, 3.8) is 0 Å². The Bertz CT molecular complexity index is 843. The van der Waals surface area contributed by atoms with E-state index in [-0.39, 0.29) is 6.92 Å². The Labute approximate surface area is 158 Å². The number of aromatic nitrogens is 2. The molecule has 3 aromatic rings. The largest absolute Gasteiger partial charge is 0.419 e. The monoisotopic (exact) mass is 372 g/mol. The van der Waals surface area contributed by atoms with Crippen molar-refractivity contribution in [1.82, 2.24) is 9.97 Å². The van der Waals surface area contributed by atoms with Crippen molar-refractivity contribution in [2.24, 2.45) is 0 Å². The summed E-state index contributed by atoms with van der Waals surface area (Å²) >= 11 is 12.6. The van der Waals surface area contributed by atoms with E-state index in [2.05, 4.69) is 9.97 Å². The number of imidazole rings is 1. The Morgan fingerprint density at radius 3 is 1.96 bits per heavy atom. The van der Waals surface area contributed by atoms with Crippen molar-refractivity contribution in [3.05, 3.63) is 75.3 Å².